The summed E-state index contributed by atoms with van der Waals surface area (Å²) in [5.41, 5.74) is 0.685. The summed E-state index contributed by atoms with van der Waals surface area (Å²) in [6, 6.07) is 10.8. The Morgan fingerprint density at radius 1 is 1.20 bits per heavy atom. The zero-order chi connectivity index (χ0) is 14.5. The molecule has 0 spiro atoms. The molecule has 0 amide bonds. The molecule has 0 aliphatic rings. The van der Waals surface area contributed by atoms with Crippen molar-refractivity contribution >= 4 is 0 Å². The minimum absolute atomic E-state index is 0.0476. The third-order valence-corrected chi connectivity index (χ3v) is 3.48. The fraction of sp³-hybridized carbons (Fsp3) is 0.375. The zero-order valence-electron chi connectivity index (χ0n) is 12.1. The molecule has 108 valence electrons. The van der Waals surface area contributed by atoms with Crippen molar-refractivity contribution in [1.82, 2.24) is 10.2 Å². The number of hydrogen-bond donors (Lipinski definition) is 1. The molecule has 2 rings (SSSR count). The number of nitrogens with zero attached hydrogens (tertiary/aromatic N) is 1. The molecule has 1 N–H and O–H groups in total. The van der Waals surface area contributed by atoms with Crippen LogP contribution in [0.1, 0.15) is 30.3 Å². The Labute approximate surface area is 119 Å². The summed E-state index contributed by atoms with van der Waals surface area (Å²) in [4.78, 5) is 2.08. The van der Waals surface area contributed by atoms with Gasteiger partial charge in [-0.3, -0.25) is 4.90 Å². The van der Waals surface area contributed by atoms with Crippen molar-refractivity contribution < 1.29 is 8.81 Å². The molecule has 0 radical (unpaired) electrons. The van der Waals surface area contributed by atoms with Gasteiger partial charge in [0, 0.05) is 18.2 Å². The second-order valence-electron chi connectivity index (χ2n) is 5.15. The average Bonchev–Trinajstić information content (AvgIpc) is 2.92. The van der Waals surface area contributed by atoms with Crippen molar-refractivity contribution in [2.24, 2.45) is 0 Å². The van der Waals surface area contributed by atoms with Gasteiger partial charge < -0.3 is 9.73 Å². The highest BCUT2D eigenvalue weighted by molar-refractivity contribution is 5.20. The molecular weight excluding hydrogens is 255 g/mol. The topological polar surface area (TPSA) is 28.4 Å². The molecule has 1 aromatic heterocycles. The minimum atomic E-state index is -0.174. The van der Waals surface area contributed by atoms with Crippen LogP contribution in [0, 0.1) is 5.82 Å². The van der Waals surface area contributed by atoms with Gasteiger partial charge in [0.2, 0.25) is 0 Å². The molecule has 4 heteroatoms. The van der Waals surface area contributed by atoms with E-state index in [1.807, 2.05) is 45.3 Å². The number of likely N-dealkylation sites (N-methyl/N-ethyl adjacent to an activating group) is 1. The summed E-state index contributed by atoms with van der Waals surface area (Å²) < 4.78 is 19.2. The fourth-order valence-electron chi connectivity index (χ4n) is 2.24. The third kappa shape index (κ3) is 3.46. The third-order valence-electron chi connectivity index (χ3n) is 3.48. The van der Waals surface area contributed by atoms with Crippen LogP contribution >= 0.6 is 0 Å². The van der Waals surface area contributed by atoms with E-state index < -0.39 is 0 Å². The number of hydrogen-bond acceptors (Lipinski definition) is 3. The largest absolute Gasteiger partial charge is 0.468 e. The van der Waals surface area contributed by atoms with Crippen LogP contribution in [0.25, 0.3) is 0 Å². The minimum Gasteiger partial charge on any atom is -0.468 e. The molecule has 0 aliphatic carbocycles. The van der Waals surface area contributed by atoms with Crippen molar-refractivity contribution in [1.29, 1.82) is 0 Å². The van der Waals surface area contributed by atoms with Gasteiger partial charge in [0.05, 0.1) is 12.3 Å². The number of furan rings is 1. The molecular formula is C16H21FN2O. The summed E-state index contributed by atoms with van der Waals surface area (Å²) in [6.07, 6.45) is 1.67. The smallest absolute Gasteiger partial charge is 0.127 e. The molecule has 0 saturated carbocycles. The quantitative estimate of drug-likeness (QED) is 0.877. The van der Waals surface area contributed by atoms with Crippen LogP contribution in [0.5, 0.6) is 0 Å². The van der Waals surface area contributed by atoms with Gasteiger partial charge in [-0.1, -0.05) is 18.2 Å². The molecule has 0 bridgehead atoms. The summed E-state index contributed by atoms with van der Waals surface area (Å²) in [5.74, 6) is 0.732. The normalized spacial score (nSPS) is 14.4. The molecule has 2 unspecified atom stereocenters. The SMILES string of the molecule is CC(NCC(c1ccco1)N(C)C)c1ccccc1F. The Bertz CT molecular complexity index is 525. The molecule has 1 aromatic carbocycles. The first-order chi connectivity index (χ1) is 9.59. The molecule has 0 fully saturated rings. The van der Waals surface area contributed by atoms with Gasteiger partial charge in [-0.2, -0.15) is 0 Å². The van der Waals surface area contributed by atoms with Crippen LogP contribution in [-0.4, -0.2) is 25.5 Å². The number of halogens is 1. The second kappa shape index (κ2) is 6.68. The van der Waals surface area contributed by atoms with Crippen molar-refractivity contribution in [2.45, 2.75) is 19.0 Å². The molecule has 1 heterocycles. The summed E-state index contributed by atoms with van der Waals surface area (Å²) in [5, 5.41) is 3.37. The van der Waals surface area contributed by atoms with E-state index in [0.717, 1.165) is 5.76 Å². The van der Waals surface area contributed by atoms with Crippen molar-refractivity contribution in [3.05, 3.63) is 59.8 Å². The van der Waals surface area contributed by atoms with Gasteiger partial charge in [0.1, 0.15) is 11.6 Å². The molecule has 2 atom stereocenters. The number of rotatable bonds is 6. The van der Waals surface area contributed by atoms with E-state index in [2.05, 4.69) is 10.2 Å². The standard InChI is InChI=1S/C16H21FN2O/c1-12(13-7-4-5-8-14(13)17)18-11-15(19(2)3)16-9-6-10-20-16/h4-10,12,15,18H,11H2,1-3H3. The maximum Gasteiger partial charge on any atom is 0.127 e. The van der Waals surface area contributed by atoms with Gasteiger partial charge in [-0.25, -0.2) is 4.39 Å². The highest BCUT2D eigenvalue weighted by atomic mass is 19.1. The van der Waals surface area contributed by atoms with E-state index in [4.69, 9.17) is 4.42 Å². The first-order valence-corrected chi connectivity index (χ1v) is 6.77. The van der Waals surface area contributed by atoms with Gasteiger partial charge in [0.25, 0.3) is 0 Å². The van der Waals surface area contributed by atoms with Crippen molar-refractivity contribution in [3.63, 3.8) is 0 Å². The van der Waals surface area contributed by atoms with Crippen LogP contribution in [0.2, 0.25) is 0 Å². The van der Waals surface area contributed by atoms with Crippen LogP contribution in [-0.2, 0) is 0 Å². The van der Waals surface area contributed by atoms with E-state index in [-0.39, 0.29) is 17.9 Å². The average molecular weight is 276 g/mol. The predicted molar refractivity (Wildman–Crippen MR) is 78.0 cm³/mol. The molecule has 0 aliphatic heterocycles. The van der Waals surface area contributed by atoms with E-state index in [1.54, 1.807) is 12.3 Å². The zero-order valence-corrected chi connectivity index (χ0v) is 12.1. The van der Waals surface area contributed by atoms with Gasteiger partial charge >= 0.3 is 0 Å². The lowest BCUT2D eigenvalue weighted by atomic mass is 10.1. The van der Waals surface area contributed by atoms with Gasteiger partial charge in [0.15, 0.2) is 0 Å². The first kappa shape index (κ1) is 14.8. The second-order valence-corrected chi connectivity index (χ2v) is 5.15. The maximum absolute atomic E-state index is 13.7. The Morgan fingerprint density at radius 3 is 2.55 bits per heavy atom. The maximum atomic E-state index is 13.7. The van der Waals surface area contributed by atoms with Crippen LogP contribution < -0.4 is 5.32 Å². The van der Waals surface area contributed by atoms with Gasteiger partial charge in [-0.05, 0) is 39.2 Å². The summed E-state index contributed by atoms with van der Waals surface area (Å²) >= 11 is 0. The van der Waals surface area contributed by atoms with E-state index in [0.29, 0.717) is 12.1 Å². The van der Waals surface area contributed by atoms with Crippen LogP contribution in [0.4, 0.5) is 4.39 Å². The fourth-order valence-corrected chi connectivity index (χ4v) is 2.24. The highest BCUT2D eigenvalue weighted by Crippen LogP contribution is 2.21. The van der Waals surface area contributed by atoms with E-state index in [9.17, 15) is 4.39 Å². The number of nitrogens with one attached hydrogen (secondary N) is 1. The lowest BCUT2D eigenvalue weighted by molar-refractivity contribution is 0.245. The summed E-state index contributed by atoms with van der Waals surface area (Å²) in [7, 11) is 4.01. The molecule has 2 aromatic rings. The highest BCUT2D eigenvalue weighted by Gasteiger charge is 2.18. The molecule has 3 nitrogen and oxygen atoms in total. The Hall–Kier alpha value is -1.65. The summed E-state index contributed by atoms with van der Waals surface area (Å²) in [6.45, 7) is 2.66. The Morgan fingerprint density at radius 2 is 1.95 bits per heavy atom. The Balaban J connectivity index is 2.01. The predicted octanol–water partition coefficient (Wildman–Crippen LogP) is 3.37. The molecule has 0 saturated heterocycles. The Kier molecular flexibility index (Phi) is 4.93. The first-order valence-electron chi connectivity index (χ1n) is 6.77. The van der Waals surface area contributed by atoms with Crippen LogP contribution in [0.3, 0.4) is 0 Å². The lowest BCUT2D eigenvalue weighted by Crippen LogP contribution is -2.32. The van der Waals surface area contributed by atoms with E-state index in [1.165, 1.54) is 6.07 Å². The number of benzene rings is 1. The monoisotopic (exact) mass is 276 g/mol. The van der Waals surface area contributed by atoms with Crippen LogP contribution in [0.15, 0.2) is 47.1 Å². The lowest BCUT2D eigenvalue weighted by Gasteiger charge is -2.25. The van der Waals surface area contributed by atoms with Crippen molar-refractivity contribution in [3.8, 4) is 0 Å². The van der Waals surface area contributed by atoms with Crippen molar-refractivity contribution in [2.75, 3.05) is 20.6 Å². The van der Waals surface area contributed by atoms with E-state index >= 15 is 0 Å². The molecule has 20 heavy (non-hydrogen) atoms. The van der Waals surface area contributed by atoms with Gasteiger partial charge in [-0.15, -0.1) is 0 Å².